The molecular weight excluding hydrogens is 312 g/mol. The number of amides is 1. The van der Waals surface area contributed by atoms with E-state index in [2.05, 4.69) is 33.6 Å². The third-order valence-electron chi connectivity index (χ3n) is 5.28. The molecule has 136 valence electrons. The lowest BCUT2D eigenvalue weighted by molar-refractivity contribution is 0.0648. The van der Waals surface area contributed by atoms with Crippen molar-refractivity contribution in [2.45, 2.75) is 65.0 Å². The second-order valence-corrected chi connectivity index (χ2v) is 6.92. The summed E-state index contributed by atoms with van der Waals surface area (Å²) in [4.78, 5) is 19.8. The number of imidazole rings is 1. The van der Waals surface area contributed by atoms with Crippen molar-refractivity contribution in [3.63, 3.8) is 0 Å². The number of rotatable bonds is 6. The first kappa shape index (κ1) is 17.8. The van der Waals surface area contributed by atoms with Gasteiger partial charge < -0.3 is 14.8 Å². The molecular formula is C20H30N4O. The van der Waals surface area contributed by atoms with E-state index in [4.69, 9.17) is 0 Å². The average molecular weight is 342 g/mol. The van der Waals surface area contributed by atoms with Crippen LogP contribution in [0.3, 0.4) is 0 Å². The average Bonchev–Trinajstić information content (AvgIpc) is 3.00. The van der Waals surface area contributed by atoms with Crippen LogP contribution < -0.4 is 5.32 Å². The van der Waals surface area contributed by atoms with Gasteiger partial charge >= 0.3 is 0 Å². The number of carbonyl (C=O) groups is 1. The van der Waals surface area contributed by atoms with E-state index < -0.39 is 0 Å². The highest BCUT2D eigenvalue weighted by atomic mass is 16.2. The van der Waals surface area contributed by atoms with Crippen LogP contribution in [0, 0.1) is 0 Å². The van der Waals surface area contributed by atoms with E-state index in [9.17, 15) is 4.79 Å². The molecule has 0 bridgehead atoms. The number of anilines is 1. The molecule has 0 radical (unpaired) electrons. The van der Waals surface area contributed by atoms with E-state index in [1.807, 2.05) is 25.2 Å². The van der Waals surface area contributed by atoms with Crippen LogP contribution in [0.25, 0.3) is 11.0 Å². The fourth-order valence-corrected chi connectivity index (χ4v) is 4.03. The predicted molar refractivity (Wildman–Crippen MR) is 103 cm³/mol. The van der Waals surface area contributed by atoms with Crippen LogP contribution >= 0.6 is 0 Å². The standard InChI is InChI=1S/C20H30N4O/c1-4-13-24-18-12-11-15(14-17(18)22-20(24)21-3)19(25)23(5-2)16-9-7-6-8-10-16/h11-12,14,16H,4-10,13H2,1-3H3,(H,21,22). The Morgan fingerprint density at radius 2 is 2.04 bits per heavy atom. The van der Waals surface area contributed by atoms with Gasteiger partial charge in [-0.05, 0) is 44.4 Å². The molecule has 1 saturated carbocycles. The van der Waals surface area contributed by atoms with Gasteiger partial charge in [0.1, 0.15) is 0 Å². The van der Waals surface area contributed by atoms with Crippen LogP contribution in [-0.2, 0) is 6.54 Å². The van der Waals surface area contributed by atoms with Gasteiger partial charge in [-0.2, -0.15) is 0 Å². The predicted octanol–water partition coefficient (Wildman–Crippen LogP) is 4.28. The minimum absolute atomic E-state index is 0.146. The number of aryl methyl sites for hydroxylation is 1. The Kier molecular flexibility index (Phi) is 5.61. The molecule has 1 aromatic heterocycles. The molecule has 0 spiro atoms. The second-order valence-electron chi connectivity index (χ2n) is 6.92. The van der Waals surface area contributed by atoms with Crippen molar-refractivity contribution in [3.05, 3.63) is 23.8 Å². The summed E-state index contributed by atoms with van der Waals surface area (Å²) in [6, 6.07) is 6.35. The summed E-state index contributed by atoms with van der Waals surface area (Å²) in [5.74, 6) is 1.01. The van der Waals surface area contributed by atoms with Crippen molar-refractivity contribution < 1.29 is 4.79 Å². The minimum atomic E-state index is 0.146. The summed E-state index contributed by atoms with van der Waals surface area (Å²) in [7, 11) is 1.89. The summed E-state index contributed by atoms with van der Waals surface area (Å²) in [6.45, 7) is 5.93. The van der Waals surface area contributed by atoms with Gasteiger partial charge in [0.15, 0.2) is 0 Å². The lowest BCUT2D eigenvalue weighted by Gasteiger charge is -2.33. The van der Waals surface area contributed by atoms with Gasteiger partial charge in [0.05, 0.1) is 11.0 Å². The molecule has 1 fully saturated rings. The van der Waals surface area contributed by atoms with Crippen LogP contribution in [0.4, 0.5) is 5.95 Å². The molecule has 1 amide bonds. The molecule has 5 heteroatoms. The van der Waals surface area contributed by atoms with Gasteiger partial charge in [-0.25, -0.2) is 4.98 Å². The highest BCUT2D eigenvalue weighted by Gasteiger charge is 2.25. The summed E-state index contributed by atoms with van der Waals surface area (Å²) in [5.41, 5.74) is 2.73. The highest BCUT2D eigenvalue weighted by molar-refractivity contribution is 5.98. The van der Waals surface area contributed by atoms with Gasteiger partial charge in [0, 0.05) is 31.7 Å². The zero-order valence-corrected chi connectivity index (χ0v) is 15.7. The first-order valence-corrected chi connectivity index (χ1v) is 9.68. The maximum absolute atomic E-state index is 13.1. The quantitative estimate of drug-likeness (QED) is 0.852. The zero-order valence-electron chi connectivity index (χ0n) is 15.7. The first-order chi connectivity index (χ1) is 12.2. The van der Waals surface area contributed by atoms with E-state index in [0.717, 1.165) is 54.9 Å². The maximum atomic E-state index is 13.1. The number of nitrogens with zero attached hydrogens (tertiary/aromatic N) is 3. The first-order valence-electron chi connectivity index (χ1n) is 9.68. The Morgan fingerprint density at radius 1 is 1.28 bits per heavy atom. The van der Waals surface area contributed by atoms with Gasteiger partial charge in [0.25, 0.3) is 5.91 Å². The molecule has 0 saturated heterocycles. The fourth-order valence-electron chi connectivity index (χ4n) is 4.03. The Bertz CT molecular complexity index is 731. The number of benzene rings is 1. The monoisotopic (exact) mass is 342 g/mol. The molecule has 0 unspecified atom stereocenters. The topological polar surface area (TPSA) is 50.2 Å². The van der Waals surface area contributed by atoms with Crippen LogP contribution in [-0.4, -0.2) is 40.0 Å². The molecule has 0 atom stereocenters. The van der Waals surface area contributed by atoms with Gasteiger partial charge in [-0.15, -0.1) is 0 Å². The molecule has 25 heavy (non-hydrogen) atoms. The normalized spacial score (nSPS) is 15.5. The van der Waals surface area contributed by atoms with Gasteiger partial charge in [0.2, 0.25) is 5.95 Å². The Labute approximate surface area is 150 Å². The van der Waals surface area contributed by atoms with Gasteiger partial charge in [-0.3, -0.25) is 4.79 Å². The van der Waals surface area contributed by atoms with E-state index in [1.165, 1.54) is 19.3 Å². The lowest BCUT2D eigenvalue weighted by Crippen LogP contribution is -2.41. The largest absolute Gasteiger partial charge is 0.359 e. The van der Waals surface area contributed by atoms with E-state index >= 15 is 0 Å². The van der Waals surface area contributed by atoms with Crippen LogP contribution in [0.15, 0.2) is 18.2 Å². The molecule has 2 aromatic rings. The van der Waals surface area contributed by atoms with Crippen molar-refractivity contribution >= 4 is 22.9 Å². The molecule has 1 N–H and O–H groups in total. The molecule has 1 heterocycles. The van der Waals surface area contributed by atoms with Crippen LogP contribution in [0.2, 0.25) is 0 Å². The van der Waals surface area contributed by atoms with Crippen LogP contribution in [0.1, 0.15) is 62.7 Å². The summed E-state index contributed by atoms with van der Waals surface area (Å²) >= 11 is 0. The highest BCUT2D eigenvalue weighted by Crippen LogP contribution is 2.26. The maximum Gasteiger partial charge on any atom is 0.254 e. The summed E-state index contributed by atoms with van der Waals surface area (Å²) in [6.07, 6.45) is 7.09. The molecule has 1 aliphatic carbocycles. The number of nitrogens with one attached hydrogen (secondary N) is 1. The van der Waals surface area contributed by atoms with Crippen molar-refractivity contribution in [1.82, 2.24) is 14.5 Å². The van der Waals surface area contributed by atoms with Crippen molar-refractivity contribution in [2.24, 2.45) is 0 Å². The molecule has 1 aliphatic rings. The third-order valence-corrected chi connectivity index (χ3v) is 5.28. The number of hydrogen-bond acceptors (Lipinski definition) is 3. The van der Waals surface area contributed by atoms with Crippen molar-refractivity contribution in [3.8, 4) is 0 Å². The van der Waals surface area contributed by atoms with E-state index in [0.29, 0.717) is 6.04 Å². The van der Waals surface area contributed by atoms with E-state index in [-0.39, 0.29) is 5.91 Å². The van der Waals surface area contributed by atoms with Gasteiger partial charge in [-0.1, -0.05) is 26.2 Å². The number of carbonyl (C=O) groups excluding carboxylic acids is 1. The molecule has 3 rings (SSSR count). The van der Waals surface area contributed by atoms with Crippen LogP contribution in [0.5, 0.6) is 0 Å². The number of aromatic nitrogens is 2. The number of hydrogen-bond donors (Lipinski definition) is 1. The molecule has 0 aliphatic heterocycles. The lowest BCUT2D eigenvalue weighted by atomic mass is 9.93. The van der Waals surface area contributed by atoms with Crippen molar-refractivity contribution in [1.29, 1.82) is 0 Å². The van der Waals surface area contributed by atoms with E-state index in [1.54, 1.807) is 0 Å². The molecule has 5 nitrogen and oxygen atoms in total. The summed E-state index contributed by atoms with van der Waals surface area (Å²) < 4.78 is 2.18. The minimum Gasteiger partial charge on any atom is -0.359 e. The molecule has 1 aromatic carbocycles. The number of fused-ring (bicyclic) bond motifs is 1. The third kappa shape index (κ3) is 3.51. The Balaban J connectivity index is 1.90. The SMILES string of the molecule is CCCn1c(NC)nc2cc(C(=O)N(CC)C3CCCCC3)ccc21. The second kappa shape index (κ2) is 7.89. The Hall–Kier alpha value is -2.04. The smallest absolute Gasteiger partial charge is 0.254 e. The van der Waals surface area contributed by atoms with Crippen molar-refractivity contribution in [2.75, 3.05) is 18.9 Å². The summed E-state index contributed by atoms with van der Waals surface area (Å²) in [5, 5.41) is 3.16. The fraction of sp³-hybridized carbons (Fsp3) is 0.600. The zero-order chi connectivity index (χ0) is 17.8. The Morgan fingerprint density at radius 3 is 2.68 bits per heavy atom.